The molecule has 12 rings (SSSR count). The molecule has 3 aromatic carbocycles. The van der Waals surface area contributed by atoms with E-state index in [2.05, 4.69) is 12.2 Å². The Hall–Kier alpha value is -4.85. The van der Waals surface area contributed by atoms with Gasteiger partial charge in [0.2, 0.25) is 11.8 Å². The van der Waals surface area contributed by atoms with Crippen molar-refractivity contribution in [3.63, 3.8) is 0 Å². The van der Waals surface area contributed by atoms with E-state index in [4.69, 9.17) is 9.84 Å². The van der Waals surface area contributed by atoms with Crippen LogP contribution >= 0.6 is 0 Å². The Morgan fingerprint density at radius 3 is 1.96 bits per heavy atom. The number of ether oxygens (including phenoxy) is 1. The summed E-state index contributed by atoms with van der Waals surface area (Å²) in [7, 11) is 0. The minimum atomic E-state index is -1.16. The van der Waals surface area contributed by atoms with Gasteiger partial charge in [-0.15, -0.1) is 0 Å². The van der Waals surface area contributed by atoms with Crippen LogP contribution in [0.2, 0.25) is 0 Å². The minimum absolute atomic E-state index is 0.0853. The van der Waals surface area contributed by atoms with Crippen LogP contribution in [-0.2, 0) is 24.6 Å². The van der Waals surface area contributed by atoms with Gasteiger partial charge in [-0.3, -0.25) is 19.2 Å². The Morgan fingerprint density at radius 2 is 1.36 bits per heavy atom. The van der Waals surface area contributed by atoms with Gasteiger partial charge in [-0.2, -0.15) is 10.1 Å². The number of allylic oxidation sites excluding steroid dienone is 2. The molecule has 0 radical (unpaired) electrons. The highest BCUT2D eigenvalue weighted by Crippen LogP contribution is 2.66. The van der Waals surface area contributed by atoms with Crippen molar-refractivity contribution in [2.45, 2.75) is 31.1 Å². The van der Waals surface area contributed by atoms with E-state index >= 15 is 0 Å². The molecule has 2 heterocycles. The summed E-state index contributed by atoms with van der Waals surface area (Å²) in [6.45, 7) is 2.61. The van der Waals surface area contributed by atoms with Gasteiger partial charge in [0.15, 0.2) is 0 Å². The average Bonchev–Trinajstić information content (AvgIpc) is 3.84. The molecular formula is C39H33N3O5. The number of hydrogen-bond donors (Lipinski definition) is 0. The Bertz CT molecular complexity index is 1900. The number of rotatable bonds is 6. The van der Waals surface area contributed by atoms with Crippen LogP contribution in [0.1, 0.15) is 47.9 Å². The summed E-state index contributed by atoms with van der Waals surface area (Å²) in [6.07, 6.45) is 7.92. The van der Waals surface area contributed by atoms with Crippen LogP contribution < -0.4 is 9.64 Å². The second-order valence-electron chi connectivity index (χ2n) is 14.3. The minimum Gasteiger partial charge on any atom is -0.494 e. The summed E-state index contributed by atoms with van der Waals surface area (Å²) in [4.78, 5) is 58.5. The summed E-state index contributed by atoms with van der Waals surface area (Å²) in [6, 6.07) is 23.0. The Labute approximate surface area is 272 Å². The molecule has 9 aliphatic rings. The highest BCUT2D eigenvalue weighted by molar-refractivity contribution is 6.25. The van der Waals surface area contributed by atoms with Gasteiger partial charge in [0.1, 0.15) is 5.75 Å². The lowest BCUT2D eigenvalue weighted by Crippen LogP contribution is -2.55. The van der Waals surface area contributed by atoms with Crippen LogP contribution in [-0.4, -0.2) is 41.5 Å². The number of anilines is 1. The van der Waals surface area contributed by atoms with Gasteiger partial charge in [0.25, 0.3) is 11.8 Å². The smallest absolute Gasteiger partial charge is 0.254 e. The van der Waals surface area contributed by atoms with Crippen molar-refractivity contribution < 1.29 is 23.9 Å². The zero-order valence-corrected chi connectivity index (χ0v) is 25.9. The van der Waals surface area contributed by atoms with Gasteiger partial charge >= 0.3 is 0 Å². The second-order valence-corrected chi connectivity index (χ2v) is 14.3. The van der Waals surface area contributed by atoms with E-state index in [9.17, 15) is 19.2 Å². The Morgan fingerprint density at radius 1 is 0.766 bits per heavy atom. The molecule has 2 saturated heterocycles. The van der Waals surface area contributed by atoms with Gasteiger partial charge in [0.05, 0.1) is 41.4 Å². The van der Waals surface area contributed by atoms with E-state index in [0.29, 0.717) is 29.9 Å². The Kier molecular flexibility index (Phi) is 5.44. The lowest BCUT2D eigenvalue weighted by molar-refractivity contribution is -0.140. The molecular weight excluding hydrogens is 590 g/mol. The molecule has 4 fully saturated rings. The van der Waals surface area contributed by atoms with Gasteiger partial charge < -0.3 is 4.74 Å². The van der Waals surface area contributed by atoms with Gasteiger partial charge in [-0.25, -0.2) is 4.90 Å². The number of hydrazone groups is 1. The maximum Gasteiger partial charge on any atom is 0.254 e. The number of hydrogen-bond acceptors (Lipinski definition) is 6. The number of carbonyl (C=O) groups is 4. The number of nitrogens with zero attached hydrogens (tertiary/aromatic N) is 3. The molecule has 0 spiro atoms. The largest absolute Gasteiger partial charge is 0.494 e. The summed E-state index contributed by atoms with van der Waals surface area (Å²) < 4.78 is 5.75. The average molecular weight is 624 g/mol. The molecule has 4 bridgehead atoms. The lowest BCUT2D eigenvalue weighted by Gasteiger charge is -2.52. The van der Waals surface area contributed by atoms with Crippen LogP contribution in [0.15, 0.2) is 90.0 Å². The predicted octanol–water partition coefficient (Wildman–Crippen LogP) is 5.07. The third-order valence-corrected chi connectivity index (χ3v) is 12.3. The fraction of sp³-hybridized carbons (Fsp3) is 0.359. The molecule has 0 aromatic heterocycles. The third kappa shape index (κ3) is 3.30. The predicted molar refractivity (Wildman–Crippen MR) is 172 cm³/mol. The molecule has 8 heteroatoms. The van der Waals surface area contributed by atoms with E-state index in [0.717, 1.165) is 40.1 Å². The van der Waals surface area contributed by atoms with Crippen LogP contribution in [0, 0.1) is 47.3 Å². The second kappa shape index (κ2) is 9.37. The highest BCUT2D eigenvalue weighted by Gasteiger charge is 2.69. The van der Waals surface area contributed by atoms with E-state index in [1.807, 2.05) is 55.5 Å². The monoisotopic (exact) mass is 623 g/mol. The molecule has 0 unspecified atom stereocenters. The topological polar surface area (TPSA) is 96.3 Å². The van der Waals surface area contributed by atoms with Gasteiger partial charge in [-0.1, -0.05) is 67.6 Å². The Balaban J connectivity index is 1.11. The zero-order chi connectivity index (χ0) is 31.8. The SMILES string of the molecule is CCCOc1ccc(N2C(=O)[C@@H]3C4c5ccccc5C(/C=N\N5C(=O)[C@@H]6[C@H]7C=C[C@@H]([C@@H]8C[C@H]78)[C@@H]6C5=O)(c5ccccc54)[C@H]3C2=O)cc1. The first-order valence-corrected chi connectivity index (χ1v) is 16.9. The number of amides is 4. The van der Waals surface area contributed by atoms with Crippen molar-refractivity contribution in [2.75, 3.05) is 11.5 Å². The quantitative estimate of drug-likeness (QED) is 0.217. The van der Waals surface area contributed by atoms with Crippen molar-refractivity contribution in [2.24, 2.45) is 52.4 Å². The number of carbonyl (C=O) groups excluding carboxylic acids is 4. The standard InChI is InChI=1S/C39H33N3O5/c1-2-17-47-21-13-11-20(12-14-21)41-35(43)33-30-24-7-3-5-9-28(24)39(34(33)38(41)46,29-10-6-4-8-25(29)30)19-40-42-36(44)31-22-15-16-23(27-18-26(22)27)32(31)37(42)45/h3-16,19,22-23,26-27,30-34H,2,17-18H2,1H3/b40-19-/t22-,23-,26-,27+,30?,31-,32+,33+,34+,39?/m0/s1. The molecule has 2 aliphatic heterocycles. The maximum atomic E-state index is 14.7. The van der Waals surface area contributed by atoms with E-state index in [-0.39, 0.29) is 53.2 Å². The fourth-order valence-electron chi connectivity index (χ4n) is 10.4. The van der Waals surface area contributed by atoms with Crippen LogP contribution in [0.5, 0.6) is 5.75 Å². The normalized spacial score (nSPS) is 36.5. The molecule has 8 nitrogen and oxygen atoms in total. The summed E-state index contributed by atoms with van der Waals surface area (Å²) in [5.41, 5.74) is 3.05. The molecule has 8 atom stereocenters. The summed E-state index contributed by atoms with van der Waals surface area (Å²) in [5, 5.41) is 5.87. The van der Waals surface area contributed by atoms with Crippen LogP contribution in [0.4, 0.5) is 5.69 Å². The van der Waals surface area contributed by atoms with E-state index < -0.39 is 17.3 Å². The molecule has 2 saturated carbocycles. The third-order valence-electron chi connectivity index (χ3n) is 12.3. The molecule has 7 aliphatic carbocycles. The molecule has 3 aromatic rings. The van der Waals surface area contributed by atoms with Gasteiger partial charge in [0, 0.05) is 12.1 Å². The molecule has 47 heavy (non-hydrogen) atoms. The van der Waals surface area contributed by atoms with E-state index in [1.165, 1.54) is 4.90 Å². The zero-order valence-electron chi connectivity index (χ0n) is 25.9. The molecule has 234 valence electrons. The maximum absolute atomic E-state index is 14.7. The molecule has 4 amide bonds. The van der Waals surface area contributed by atoms with Crippen molar-refractivity contribution in [1.82, 2.24) is 5.01 Å². The van der Waals surface area contributed by atoms with Crippen LogP contribution in [0.25, 0.3) is 0 Å². The first kappa shape index (κ1) is 27.3. The number of benzene rings is 3. The fourth-order valence-corrected chi connectivity index (χ4v) is 10.4. The van der Waals surface area contributed by atoms with Crippen LogP contribution in [0.3, 0.4) is 0 Å². The highest BCUT2D eigenvalue weighted by atomic mass is 16.5. The lowest BCUT2D eigenvalue weighted by atomic mass is 9.47. The summed E-state index contributed by atoms with van der Waals surface area (Å²) >= 11 is 0. The number of imide groups is 2. The molecule has 0 N–H and O–H groups in total. The van der Waals surface area contributed by atoms with Crippen molar-refractivity contribution in [3.05, 3.63) is 107 Å². The van der Waals surface area contributed by atoms with Crippen molar-refractivity contribution in [3.8, 4) is 5.75 Å². The van der Waals surface area contributed by atoms with Crippen molar-refractivity contribution >= 4 is 35.5 Å². The van der Waals surface area contributed by atoms with Crippen molar-refractivity contribution in [1.29, 1.82) is 0 Å². The first-order chi connectivity index (χ1) is 23.0. The van der Waals surface area contributed by atoms with Gasteiger partial charge in [-0.05, 0) is 83.0 Å². The summed E-state index contributed by atoms with van der Waals surface area (Å²) in [5.74, 6) is -1.78. The first-order valence-electron chi connectivity index (χ1n) is 16.9. The van der Waals surface area contributed by atoms with E-state index in [1.54, 1.807) is 30.5 Å².